The van der Waals surface area contributed by atoms with Gasteiger partial charge in [-0.05, 0) is 99.1 Å². The smallest absolute Gasteiger partial charge is 0.164 e. The van der Waals surface area contributed by atoms with E-state index in [1.54, 1.807) is 0 Å². The van der Waals surface area contributed by atoms with Gasteiger partial charge < -0.3 is 8.98 Å². The van der Waals surface area contributed by atoms with Gasteiger partial charge >= 0.3 is 0 Å². The third-order valence-corrected chi connectivity index (χ3v) is 13.5. The molecule has 0 fully saturated rings. The standard InChI is InChI=1S/C60H40N4O/c1-60(2)51-34-43(28-30-45(51)48-35-50-47-21-10-12-23-55(47)65-56(50)36-52(48)60)42-29-31-54-49(33-42)46-20-9-11-22-53(46)64(54)44-19-13-18-41(32-44)37-24-26-40(27-25-37)59-62-57(38-14-5-3-6-15-38)61-58(63-59)39-16-7-4-8-17-39/h3-36H,1-2H3. The molecule has 0 saturated heterocycles. The maximum atomic E-state index is 6.34. The van der Waals surface area contributed by atoms with Gasteiger partial charge in [0.2, 0.25) is 0 Å². The molecular weight excluding hydrogens is 793 g/mol. The second-order valence-corrected chi connectivity index (χ2v) is 17.6. The lowest BCUT2D eigenvalue weighted by Gasteiger charge is -2.22. The number of fused-ring (bicyclic) bond motifs is 9. The minimum Gasteiger partial charge on any atom is -0.456 e. The quantitative estimate of drug-likeness (QED) is 0.167. The molecule has 3 aromatic heterocycles. The molecule has 13 rings (SSSR count). The van der Waals surface area contributed by atoms with Crippen LogP contribution >= 0.6 is 0 Å². The van der Waals surface area contributed by atoms with Gasteiger partial charge in [0.1, 0.15) is 11.2 Å². The summed E-state index contributed by atoms with van der Waals surface area (Å²) in [6.45, 7) is 4.68. The van der Waals surface area contributed by atoms with Gasteiger partial charge in [-0.3, -0.25) is 0 Å². The van der Waals surface area contributed by atoms with Crippen LogP contribution in [0.15, 0.2) is 211 Å². The Morgan fingerprint density at radius 3 is 1.63 bits per heavy atom. The highest BCUT2D eigenvalue weighted by molar-refractivity contribution is 6.11. The van der Waals surface area contributed by atoms with E-state index in [9.17, 15) is 0 Å². The Morgan fingerprint density at radius 1 is 0.354 bits per heavy atom. The third-order valence-electron chi connectivity index (χ3n) is 13.5. The van der Waals surface area contributed by atoms with Gasteiger partial charge in [0.05, 0.1) is 11.0 Å². The monoisotopic (exact) mass is 832 g/mol. The molecule has 0 N–H and O–H groups in total. The molecule has 0 saturated carbocycles. The molecule has 0 aliphatic heterocycles. The highest BCUT2D eigenvalue weighted by Gasteiger charge is 2.36. The van der Waals surface area contributed by atoms with Crippen LogP contribution in [-0.4, -0.2) is 19.5 Å². The summed E-state index contributed by atoms with van der Waals surface area (Å²) in [5.41, 5.74) is 17.9. The number of hydrogen-bond acceptors (Lipinski definition) is 4. The number of hydrogen-bond donors (Lipinski definition) is 0. The van der Waals surface area contributed by atoms with E-state index < -0.39 is 0 Å². The molecule has 0 unspecified atom stereocenters. The summed E-state index contributed by atoms with van der Waals surface area (Å²) in [6, 6.07) is 73.3. The second kappa shape index (κ2) is 14.3. The van der Waals surface area contributed by atoms with Crippen LogP contribution in [0.5, 0.6) is 0 Å². The Balaban J connectivity index is 0.854. The Hall–Kier alpha value is -8.41. The highest BCUT2D eigenvalue weighted by atomic mass is 16.3. The van der Waals surface area contributed by atoms with Gasteiger partial charge in [-0.25, -0.2) is 15.0 Å². The summed E-state index contributed by atoms with van der Waals surface area (Å²) in [7, 11) is 0. The zero-order valence-electron chi connectivity index (χ0n) is 35.8. The predicted octanol–water partition coefficient (Wildman–Crippen LogP) is 15.5. The fourth-order valence-corrected chi connectivity index (χ4v) is 10.1. The van der Waals surface area contributed by atoms with Crippen molar-refractivity contribution in [2.75, 3.05) is 0 Å². The molecule has 1 aliphatic rings. The maximum Gasteiger partial charge on any atom is 0.164 e. The lowest BCUT2D eigenvalue weighted by Crippen LogP contribution is -2.15. The first-order chi connectivity index (χ1) is 31.9. The Kier molecular flexibility index (Phi) is 8.18. The maximum absolute atomic E-state index is 6.34. The van der Waals surface area contributed by atoms with E-state index in [2.05, 4.69) is 158 Å². The minimum atomic E-state index is -0.177. The predicted molar refractivity (Wildman–Crippen MR) is 266 cm³/mol. The van der Waals surface area contributed by atoms with Gasteiger partial charge in [-0.1, -0.05) is 166 Å². The van der Waals surface area contributed by atoms with Gasteiger partial charge in [0, 0.05) is 49.3 Å². The first-order valence-electron chi connectivity index (χ1n) is 22.2. The molecule has 3 heterocycles. The Labute approximate surface area is 376 Å². The number of nitrogens with zero attached hydrogens (tertiary/aromatic N) is 4. The van der Waals surface area contributed by atoms with Crippen LogP contribution in [0.3, 0.4) is 0 Å². The van der Waals surface area contributed by atoms with Crippen molar-refractivity contribution >= 4 is 43.7 Å². The molecule has 12 aromatic rings. The molecule has 0 radical (unpaired) electrons. The zero-order valence-corrected chi connectivity index (χ0v) is 35.8. The van der Waals surface area contributed by atoms with Gasteiger partial charge in [0.15, 0.2) is 17.5 Å². The molecular formula is C60H40N4O. The first-order valence-corrected chi connectivity index (χ1v) is 22.2. The molecule has 5 nitrogen and oxygen atoms in total. The van der Waals surface area contributed by atoms with E-state index in [1.165, 1.54) is 60.6 Å². The third kappa shape index (κ3) is 5.97. The van der Waals surface area contributed by atoms with Crippen LogP contribution in [-0.2, 0) is 5.41 Å². The van der Waals surface area contributed by atoms with E-state index in [-0.39, 0.29) is 5.41 Å². The van der Waals surface area contributed by atoms with Crippen molar-refractivity contribution in [3.63, 3.8) is 0 Å². The zero-order chi connectivity index (χ0) is 43.2. The molecule has 0 bridgehead atoms. The van der Waals surface area contributed by atoms with E-state index in [1.807, 2.05) is 66.7 Å². The summed E-state index contributed by atoms with van der Waals surface area (Å²) in [6.07, 6.45) is 0. The number of benzene rings is 9. The number of furan rings is 1. The molecule has 9 aromatic carbocycles. The van der Waals surface area contributed by atoms with Gasteiger partial charge in [-0.15, -0.1) is 0 Å². The Morgan fingerprint density at radius 2 is 0.892 bits per heavy atom. The molecule has 0 amide bonds. The summed E-state index contributed by atoms with van der Waals surface area (Å²) in [5, 5.41) is 4.79. The van der Waals surface area contributed by atoms with Crippen molar-refractivity contribution in [3.05, 3.63) is 217 Å². The van der Waals surface area contributed by atoms with Crippen LogP contribution < -0.4 is 0 Å². The van der Waals surface area contributed by atoms with Crippen LogP contribution in [0, 0.1) is 0 Å². The number of para-hydroxylation sites is 2. The van der Waals surface area contributed by atoms with E-state index in [0.29, 0.717) is 17.5 Å². The number of aromatic nitrogens is 4. The SMILES string of the molecule is CC1(C)c2cc(-c3ccc4c(c3)c3ccccc3n4-c3cccc(-c4ccc(-c5nc(-c6ccccc6)nc(-c6ccccc6)n5)cc4)c3)ccc2-c2cc3c(cc21)oc1ccccc13. The van der Waals surface area contributed by atoms with Crippen LogP contribution in [0.25, 0.3) is 117 Å². The van der Waals surface area contributed by atoms with Gasteiger partial charge in [0.25, 0.3) is 0 Å². The molecule has 0 spiro atoms. The van der Waals surface area contributed by atoms with Crippen molar-refractivity contribution in [3.8, 4) is 73.2 Å². The fraction of sp³-hybridized carbons (Fsp3) is 0.0500. The molecule has 1 aliphatic carbocycles. The normalized spacial score (nSPS) is 12.9. The van der Waals surface area contributed by atoms with Crippen LogP contribution in [0.1, 0.15) is 25.0 Å². The molecule has 306 valence electrons. The van der Waals surface area contributed by atoms with Crippen molar-refractivity contribution in [2.24, 2.45) is 0 Å². The van der Waals surface area contributed by atoms with E-state index in [0.717, 1.165) is 50.1 Å². The van der Waals surface area contributed by atoms with E-state index >= 15 is 0 Å². The molecule has 0 atom stereocenters. The van der Waals surface area contributed by atoms with Crippen LogP contribution in [0.4, 0.5) is 0 Å². The first kappa shape index (κ1) is 37.2. The van der Waals surface area contributed by atoms with Crippen molar-refractivity contribution in [2.45, 2.75) is 19.3 Å². The van der Waals surface area contributed by atoms with Gasteiger partial charge in [-0.2, -0.15) is 0 Å². The summed E-state index contributed by atoms with van der Waals surface area (Å²) >= 11 is 0. The number of rotatable bonds is 6. The summed E-state index contributed by atoms with van der Waals surface area (Å²) < 4.78 is 8.74. The summed E-state index contributed by atoms with van der Waals surface area (Å²) in [5.74, 6) is 1.94. The summed E-state index contributed by atoms with van der Waals surface area (Å²) in [4.78, 5) is 14.8. The van der Waals surface area contributed by atoms with Crippen molar-refractivity contribution in [1.29, 1.82) is 0 Å². The average Bonchev–Trinajstić information content (AvgIpc) is 3.98. The molecule has 65 heavy (non-hydrogen) atoms. The fourth-order valence-electron chi connectivity index (χ4n) is 10.1. The Bertz CT molecular complexity index is 3790. The van der Waals surface area contributed by atoms with Crippen molar-refractivity contribution < 1.29 is 4.42 Å². The average molecular weight is 833 g/mol. The topological polar surface area (TPSA) is 56.7 Å². The van der Waals surface area contributed by atoms with Crippen LogP contribution in [0.2, 0.25) is 0 Å². The van der Waals surface area contributed by atoms with E-state index in [4.69, 9.17) is 19.4 Å². The second-order valence-electron chi connectivity index (χ2n) is 17.6. The highest BCUT2D eigenvalue weighted by Crippen LogP contribution is 2.52. The molecule has 5 heteroatoms. The lowest BCUT2D eigenvalue weighted by atomic mass is 9.81. The minimum absolute atomic E-state index is 0.177. The lowest BCUT2D eigenvalue weighted by molar-refractivity contribution is 0.647. The largest absolute Gasteiger partial charge is 0.456 e. The van der Waals surface area contributed by atoms with Crippen molar-refractivity contribution in [1.82, 2.24) is 19.5 Å².